The summed E-state index contributed by atoms with van der Waals surface area (Å²) in [6, 6.07) is 11.2. The average Bonchev–Trinajstić information content (AvgIpc) is 2.77. The fraction of sp³-hybridized carbons (Fsp3) is 0.286. The van der Waals surface area contributed by atoms with Crippen molar-refractivity contribution in [1.82, 2.24) is 10.5 Å². The largest absolute Gasteiger partial charge is 0.355 e. The number of nitrogens with one attached hydrogen (secondary N) is 1. The summed E-state index contributed by atoms with van der Waals surface area (Å²) in [7, 11) is 0. The molecular weight excluding hydrogens is 228 g/mol. The Hall–Kier alpha value is -2.10. The first-order valence-electron chi connectivity index (χ1n) is 5.80. The molecule has 1 N–H and O–H groups in total. The van der Waals surface area contributed by atoms with Crippen molar-refractivity contribution >= 4 is 5.91 Å². The van der Waals surface area contributed by atoms with Crippen molar-refractivity contribution in [2.24, 2.45) is 0 Å². The van der Waals surface area contributed by atoms with Gasteiger partial charge in [0.05, 0.1) is 0 Å². The molecule has 1 aromatic heterocycles. The van der Waals surface area contributed by atoms with Crippen LogP contribution in [0.2, 0.25) is 0 Å². The lowest BCUT2D eigenvalue weighted by molar-refractivity contribution is 0.0910. The topological polar surface area (TPSA) is 55.1 Å². The van der Waals surface area contributed by atoms with Gasteiger partial charge in [-0.05, 0) is 20.8 Å². The number of nitrogens with zero attached hydrogens (tertiary/aromatic N) is 1. The lowest BCUT2D eigenvalue weighted by Gasteiger charge is -2.19. The van der Waals surface area contributed by atoms with Crippen molar-refractivity contribution in [3.8, 4) is 11.3 Å². The zero-order valence-electron chi connectivity index (χ0n) is 10.7. The minimum Gasteiger partial charge on any atom is -0.355 e. The molecule has 2 aromatic rings. The van der Waals surface area contributed by atoms with E-state index in [2.05, 4.69) is 10.5 Å². The maximum absolute atomic E-state index is 11.9. The molecule has 1 aromatic carbocycles. The molecule has 0 aliphatic carbocycles. The zero-order chi connectivity index (χ0) is 13.2. The minimum absolute atomic E-state index is 0.228. The number of benzene rings is 1. The first-order valence-corrected chi connectivity index (χ1v) is 5.80. The molecule has 0 spiro atoms. The van der Waals surface area contributed by atoms with Crippen LogP contribution in [-0.4, -0.2) is 16.6 Å². The molecule has 1 heterocycles. The highest BCUT2D eigenvalue weighted by Gasteiger charge is 2.18. The predicted octanol–water partition coefficient (Wildman–Crippen LogP) is 2.87. The fourth-order valence-electron chi connectivity index (χ4n) is 1.53. The molecule has 18 heavy (non-hydrogen) atoms. The van der Waals surface area contributed by atoms with Crippen molar-refractivity contribution in [2.45, 2.75) is 26.3 Å². The Morgan fingerprint density at radius 1 is 1.22 bits per heavy atom. The van der Waals surface area contributed by atoms with Crippen LogP contribution in [0.3, 0.4) is 0 Å². The maximum Gasteiger partial charge on any atom is 0.273 e. The van der Waals surface area contributed by atoms with Gasteiger partial charge in [0, 0.05) is 17.2 Å². The van der Waals surface area contributed by atoms with Crippen LogP contribution < -0.4 is 5.32 Å². The third kappa shape index (κ3) is 2.97. The van der Waals surface area contributed by atoms with Gasteiger partial charge in [-0.15, -0.1) is 0 Å². The molecule has 4 heteroatoms. The van der Waals surface area contributed by atoms with E-state index in [-0.39, 0.29) is 11.4 Å². The number of rotatable bonds is 2. The zero-order valence-corrected chi connectivity index (χ0v) is 10.7. The van der Waals surface area contributed by atoms with E-state index in [1.807, 2.05) is 51.1 Å². The number of carbonyl (C=O) groups excluding carboxylic acids is 1. The molecule has 0 aliphatic heterocycles. The molecule has 0 unspecified atom stereocenters. The molecular formula is C14H16N2O2. The highest BCUT2D eigenvalue weighted by Crippen LogP contribution is 2.19. The van der Waals surface area contributed by atoms with E-state index in [1.54, 1.807) is 6.07 Å². The Balaban J connectivity index is 2.19. The number of aromatic nitrogens is 1. The van der Waals surface area contributed by atoms with Crippen LogP contribution in [0.25, 0.3) is 11.3 Å². The van der Waals surface area contributed by atoms with Crippen LogP contribution in [-0.2, 0) is 0 Å². The van der Waals surface area contributed by atoms with Gasteiger partial charge in [-0.1, -0.05) is 35.5 Å². The van der Waals surface area contributed by atoms with Crippen LogP contribution >= 0.6 is 0 Å². The first kappa shape index (κ1) is 12.4. The summed E-state index contributed by atoms with van der Waals surface area (Å²) >= 11 is 0. The summed E-state index contributed by atoms with van der Waals surface area (Å²) in [5, 5.41) is 6.63. The van der Waals surface area contributed by atoms with Crippen molar-refractivity contribution in [2.75, 3.05) is 0 Å². The molecule has 1 amide bonds. The Labute approximate surface area is 106 Å². The van der Waals surface area contributed by atoms with Crippen molar-refractivity contribution in [3.05, 3.63) is 42.1 Å². The third-order valence-electron chi connectivity index (χ3n) is 2.29. The SMILES string of the molecule is CC(C)(C)NC(=O)c1cc(-c2ccccc2)on1. The van der Waals surface area contributed by atoms with E-state index in [4.69, 9.17) is 4.52 Å². The summed E-state index contributed by atoms with van der Waals surface area (Å²) < 4.78 is 5.18. The lowest BCUT2D eigenvalue weighted by atomic mass is 10.1. The summed E-state index contributed by atoms with van der Waals surface area (Å²) in [5.74, 6) is 0.364. The molecule has 94 valence electrons. The van der Waals surface area contributed by atoms with E-state index >= 15 is 0 Å². The van der Waals surface area contributed by atoms with Crippen LogP contribution in [0.4, 0.5) is 0 Å². The van der Waals surface area contributed by atoms with Gasteiger partial charge in [-0.3, -0.25) is 4.79 Å². The van der Waals surface area contributed by atoms with Gasteiger partial charge in [0.1, 0.15) is 0 Å². The average molecular weight is 244 g/mol. The molecule has 0 bridgehead atoms. The van der Waals surface area contributed by atoms with E-state index in [0.717, 1.165) is 5.56 Å². The molecule has 2 rings (SSSR count). The van der Waals surface area contributed by atoms with Crippen LogP contribution in [0.5, 0.6) is 0 Å². The highest BCUT2D eigenvalue weighted by atomic mass is 16.5. The van der Waals surface area contributed by atoms with Crippen LogP contribution in [0, 0.1) is 0 Å². The van der Waals surface area contributed by atoms with E-state index in [9.17, 15) is 4.79 Å². The normalized spacial score (nSPS) is 11.3. The van der Waals surface area contributed by atoms with Crippen molar-refractivity contribution in [3.63, 3.8) is 0 Å². The predicted molar refractivity (Wildman–Crippen MR) is 69.2 cm³/mol. The maximum atomic E-state index is 11.9. The van der Waals surface area contributed by atoms with Crippen molar-refractivity contribution in [1.29, 1.82) is 0 Å². The Morgan fingerprint density at radius 3 is 2.50 bits per heavy atom. The summed E-state index contributed by atoms with van der Waals surface area (Å²) in [5.41, 5.74) is 0.909. The van der Waals surface area contributed by atoms with Crippen LogP contribution in [0.15, 0.2) is 40.9 Å². The van der Waals surface area contributed by atoms with Gasteiger partial charge in [0.25, 0.3) is 5.91 Å². The fourth-order valence-corrected chi connectivity index (χ4v) is 1.53. The Kier molecular flexibility index (Phi) is 3.19. The van der Waals surface area contributed by atoms with Gasteiger partial charge >= 0.3 is 0 Å². The lowest BCUT2D eigenvalue weighted by Crippen LogP contribution is -2.40. The Bertz CT molecular complexity index is 538. The molecule has 0 radical (unpaired) electrons. The smallest absolute Gasteiger partial charge is 0.273 e. The van der Waals surface area contributed by atoms with E-state index < -0.39 is 0 Å². The summed E-state index contributed by atoms with van der Waals surface area (Å²) in [4.78, 5) is 11.9. The van der Waals surface area contributed by atoms with Gasteiger partial charge < -0.3 is 9.84 Å². The number of hydrogen-bond donors (Lipinski definition) is 1. The monoisotopic (exact) mass is 244 g/mol. The molecule has 0 aliphatic rings. The van der Waals surface area contributed by atoms with Crippen molar-refractivity contribution < 1.29 is 9.32 Å². The standard InChI is InChI=1S/C14H16N2O2/c1-14(2,3)15-13(17)11-9-12(18-16-11)10-7-5-4-6-8-10/h4-9H,1-3H3,(H,15,17). The van der Waals surface area contributed by atoms with E-state index in [1.165, 1.54) is 0 Å². The van der Waals surface area contributed by atoms with Gasteiger partial charge in [0.2, 0.25) is 0 Å². The molecule has 0 fully saturated rings. The highest BCUT2D eigenvalue weighted by molar-refractivity contribution is 5.93. The first-order chi connectivity index (χ1) is 8.46. The Morgan fingerprint density at radius 2 is 1.89 bits per heavy atom. The number of amides is 1. The quantitative estimate of drug-likeness (QED) is 0.883. The van der Waals surface area contributed by atoms with Gasteiger partial charge in [0.15, 0.2) is 11.5 Å². The second-order valence-corrected chi connectivity index (χ2v) is 5.15. The molecule has 0 saturated heterocycles. The third-order valence-corrected chi connectivity index (χ3v) is 2.29. The molecule has 4 nitrogen and oxygen atoms in total. The summed E-state index contributed by atoms with van der Waals surface area (Å²) in [6.07, 6.45) is 0. The second kappa shape index (κ2) is 4.64. The minimum atomic E-state index is -0.289. The van der Waals surface area contributed by atoms with Gasteiger partial charge in [-0.2, -0.15) is 0 Å². The number of hydrogen-bond acceptors (Lipinski definition) is 3. The van der Waals surface area contributed by atoms with Crippen LogP contribution in [0.1, 0.15) is 31.3 Å². The summed E-state index contributed by atoms with van der Waals surface area (Å²) in [6.45, 7) is 5.76. The number of carbonyl (C=O) groups is 1. The van der Waals surface area contributed by atoms with Gasteiger partial charge in [-0.25, -0.2) is 0 Å². The molecule has 0 atom stereocenters. The molecule has 0 saturated carbocycles. The second-order valence-electron chi connectivity index (χ2n) is 5.15. The van der Waals surface area contributed by atoms with E-state index in [0.29, 0.717) is 11.5 Å².